The third-order valence-electron chi connectivity index (χ3n) is 3.47. The van der Waals surface area contributed by atoms with Gasteiger partial charge in [-0.05, 0) is 19.1 Å². The molecule has 92 valence electrons. The van der Waals surface area contributed by atoms with Crippen molar-refractivity contribution in [2.45, 2.75) is 13.5 Å². The summed E-state index contributed by atoms with van der Waals surface area (Å²) in [5, 5.41) is 10.5. The lowest BCUT2D eigenvalue weighted by molar-refractivity contribution is 0.798. The lowest BCUT2D eigenvalue weighted by Gasteiger charge is -2.01. The third-order valence-corrected chi connectivity index (χ3v) is 3.47. The van der Waals surface area contributed by atoms with E-state index >= 15 is 0 Å². The van der Waals surface area contributed by atoms with Crippen molar-refractivity contribution in [1.29, 1.82) is 5.26 Å². The minimum atomic E-state index is 0.724. The van der Waals surface area contributed by atoms with E-state index in [1.54, 1.807) is 0 Å². The van der Waals surface area contributed by atoms with Gasteiger partial charge in [0.25, 0.3) is 0 Å². The fourth-order valence-electron chi connectivity index (χ4n) is 2.54. The highest BCUT2D eigenvalue weighted by Crippen LogP contribution is 2.32. The van der Waals surface area contributed by atoms with Gasteiger partial charge in [0.2, 0.25) is 0 Å². The quantitative estimate of drug-likeness (QED) is 0.666. The number of hydrogen-bond acceptors (Lipinski definition) is 1. The largest absolute Gasteiger partial charge is 0.347 e. The standard InChI is InChI=1S/C17H14N2/c1-2-19-12-16(15-9-5-6-10-17(15)19)14-8-4-3-7-13(14)11-18/h3-10,12H,2H2,1H3. The Hall–Kier alpha value is -2.53. The Kier molecular flexibility index (Phi) is 2.81. The normalized spacial score (nSPS) is 10.5. The first-order valence-electron chi connectivity index (χ1n) is 6.42. The summed E-state index contributed by atoms with van der Waals surface area (Å²) >= 11 is 0. The molecule has 0 radical (unpaired) electrons. The summed E-state index contributed by atoms with van der Waals surface area (Å²) in [5.41, 5.74) is 4.08. The molecule has 2 nitrogen and oxygen atoms in total. The number of hydrogen-bond donors (Lipinski definition) is 0. The predicted octanol–water partition coefficient (Wildman–Crippen LogP) is 4.20. The molecule has 0 N–H and O–H groups in total. The van der Waals surface area contributed by atoms with Gasteiger partial charge < -0.3 is 4.57 Å². The second-order valence-corrected chi connectivity index (χ2v) is 4.50. The van der Waals surface area contributed by atoms with Crippen molar-refractivity contribution in [3.05, 3.63) is 60.3 Å². The van der Waals surface area contributed by atoms with Crippen LogP contribution in [0.25, 0.3) is 22.0 Å². The summed E-state index contributed by atoms with van der Waals surface area (Å²) in [6.45, 7) is 3.06. The molecule has 1 heterocycles. The molecule has 0 aliphatic carbocycles. The van der Waals surface area contributed by atoms with Gasteiger partial charge >= 0.3 is 0 Å². The third kappa shape index (κ3) is 1.80. The summed E-state index contributed by atoms with van der Waals surface area (Å²) < 4.78 is 2.22. The van der Waals surface area contributed by atoms with Crippen LogP contribution in [-0.2, 0) is 6.54 Å². The predicted molar refractivity (Wildman–Crippen MR) is 77.8 cm³/mol. The Balaban J connectivity index is 2.35. The maximum Gasteiger partial charge on any atom is 0.0998 e. The zero-order chi connectivity index (χ0) is 13.2. The molecule has 1 aromatic heterocycles. The summed E-state index contributed by atoms with van der Waals surface area (Å²) in [6, 6.07) is 18.4. The van der Waals surface area contributed by atoms with Crippen molar-refractivity contribution in [1.82, 2.24) is 4.57 Å². The first-order chi connectivity index (χ1) is 9.35. The molecule has 2 heteroatoms. The molecule has 0 aliphatic rings. The topological polar surface area (TPSA) is 28.7 Å². The Morgan fingerprint density at radius 3 is 2.53 bits per heavy atom. The molecular formula is C17H14N2. The van der Waals surface area contributed by atoms with Crippen LogP contribution in [0.4, 0.5) is 0 Å². The highest BCUT2D eigenvalue weighted by Gasteiger charge is 2.11. The average Bonchev–Trinajstić information content (AvgIpc) is 2.86. The Bertz CT molecular complexity index is 775. The Labute approximate surface area is 112 Å². The number of aryl methyl sites for hydroxylation is 1. The number of para-hydroxylation sites is 1. The van der Waals surface area contributed by atoms with Gasteiger partial charge in [-0.15, -0.1) is 0 Å². The minimum absolute atomic E-state index is 0.724. The Morgan fingerprint density at radius 1 is 1.00 bits per heavy atom. The molecule has 0 aliphatic heterocycles. The number of aromatic nitrogens is 1. The highest BCUT2D eigenvalue weighted by atomic mass is 14.9. The minimum Gasteiger partial charge on any atom is -0.347 e. The maximum atomic E-state index is 9.26. The van der Waals surface area contributed by atoms with Gasteiger partial charge in [-0.1, -0.05) is 36.4 Å². The van der Waals surface area contributed by atoms with Gasteiger partial charge in [0, 0.05) is 34.8 Å². The van der Waals surface area contributed by atoms with Crippen LogP contribution in [0.1, 0.15) is 12.5 Å². The van der Waals surface area contributed by atoms with Crippen molar-refractivity contribution < 1.29 is 0 Å². The molecule has 0 atom stereocenters. The summed E-state index contributed by atoms with van der Waals surface area (Å²) in [6.07, 6.45) is 2.14. The van der Waals surface area contributed by atoms with E-state index in [-0.39, 0.29) is 0 Å². The first-order valence-corrected chi connectivity index (χ1v) is 6.42. The maximum absolute atomic E-state index is 9.26. The molecule has 3 rings (SSSR count). The van der Waals surface area contributed by atoms with E-state index in [9.17, 15) is 5.26 Å². The fraction of sp³-hybridized carbons (Fsp3) is 0.118. The van der Waals surface area contributed by atoms with Crippen molar-refractivity contribution in [3.63, 3.8) is 0 Å². The van der Waals surface area contributed by atoms with Crippen molar-refractivity contribution in [2.24, 2.45) is 0 Å². The number of nitrogens with zero attached hydrogens (tertiary/aromatic N) is 2. The van der Waals surface area contributed by atoms with Gasteiger partial charge in [-0.3, -0.25) is 0 Å². The zero-order valence-electron chi connectivity index (χ0n) is 10.8. The van der Waals surface area contributed by atoms with Gasteiger partial charge in [-0.25, -0.2) is 0 Å². The van der Waals surface area contributed by atoms with Crippen molar-refractivity contribution >= 4 is 10.9 Å². The van der Waals surface area contributed by atoms with E-state index < -0.39 is 0 Å². The first kappa shape index (κ1) is 11.6. The second-order valence-electron chi connectivity index (χ2n) is 4.50. The lowest BCUT2D eigenvalue weighted by atomic mass is 10.00. The fourth-order valence-corrected chi connectivity index (χ4v) is 2.54. The number of nitriles is 1. The van der Waals surface area contributed by atoms with Crippen LogP contribution in [0.5, 0.6) is 0 Å². The molecule has 0 unspecified atom stereocenters. The van der Waals surface area contributed by atoms with Crippen LogP contribution in [0.2, 0.25) is 0 Å². The van der Waals surface area contributed by atoms with E-state index in [4.69, 9.17) is 0 Å². The van der Waals surface area contributed by atoms with Crippen LogP contribution in [-0.4, -0.2) is 4.57 Å². The number of fused-ring (bicyclic) bond motifs is 1. The van der Waals surface area contributed by atoms with Crippen LogP contribution in [0, 0.1) is 11.3 Å². The average molecular weight is 246 g/mol. The summed E-state index contributed by atoms with van der Waals surface area (Å²) in [5.74, 6) is 0. The molecular weight excluding hydrogens is 232 g/mol. The lowest BCUT2D eigenvalue weighted by Crippen LogP contribution is -1.89. The van der Waals surface area contributed by atoms with Crippen molar-refractivity contribution in [3.8, 4) is 17.2 Å². The molecule has 0 fully saturated rings. The van der Waals surface area contributed by atoms with E-state index in [0.29, 0.717) is 0 Å². The van der Waals surface area contributed by atoms with Crippen LogP contribution in [0.15, 0.2) is 54.7 Å². The molecule has 3 aromatic rings. The van der Waals surface area contributed by atoms with E-state index in [1.165, 1.54) is 10.9 Å². The highest BCUT2D eigenvalue weighted by molar-refractivity contribution is 5.97. The monoisotopic (exact) mass is 246 g/mol. The SMILES string of the molecule is CCn1cc(-c2ccccc2C#N)c2ccccc21. The molecule has 2 aromatic carbocycles. The van der Waals surface area contributed by atoms with Gasteiger partial charge in [0.1, 0.15) is 0 Å². The smallest absolute Gasteiger partial charge is 0.0998 e. The molecule has 0 saturated carbocycles. The van der Waals surface area contributed by atoms with Gasteiger partial charge in [0.15, 0.2) is 0 Å². The molecule has 19 heavy (non-hydrogen) atoms. The van der Waals surface area contributed by atoms with Gasteiger partial charge in [0.05, 0.1) is 11.6 Å². The van der Waals surface area contributed by atoms with Gasteiger partial charge in [-0.2, -0.15) is 5.26 Å². The van der Waals surface area contributed by atoms with Crippen molar-refractivity contribution in [2.75, 3.05) is 0 Å². The van der Waals surface area contributed by atoms with E-state index in [1.807, 2.05) is 30.3 Å². The van der Waals surface area contributed by atoms with E-state index in [0.717, 1.165) is 23.2 Å². The van der Waals surface area contributed by atoms with E-state index in [2.05, 4.69) is 42.0 Å². The number of rotatable bonds is 2. The number of benzene rings is 2. The second kappa shape index (κ2) is 4.62. The van der Waals surface area contributed by atoms with Crippen LogP contribution < -0.4 is 0 Å². The zero-order valence-corrected chi connectivity index (χ0v) is 10.8. The Morgan fingerprint density at radius 2 is 1.74 bits per heavy atom. The molecule has 0 spiro atoms. The molecule has 0 saturated heterocycles. The summed E-state index contributed by atoms with van der Waals surface area (Å²) in [7, 11) is 0. The summed E-state index contributed by atoms with van der Waals surface area (Å²) in [4.78, 5) is 0. The molecule has 0 bridgehead atoms. The van der Waals surface area contributed by atoms with Crippen LogP contribution in [0.3, 0.4) is 0 Å². The van der Waals surface area contributed by atoms with Crippen LogP contribution >= 0.6 is 0 Å². The molecule has 0 amide bonds.